The zero-order valence-corrected chi connectivity index (χ0v) is 14.2. The van der Waals surface area contributed by atoms with Crippen molar-refractivity contribution in [1.82, 2.24) is 0 Å². The highest BCUT2D eigenvalue weighted by atomic mass is 16.5. The number of carbonyl (C=O) groups excluding carboxylic acids is 1. The Hall–Kier alpha value is -2.53. The molecule has 0 aromatic heterocycles. The molecule has 0 atom stereocenters. The van der Waals surface area contributed by atoms with Gasteiger partial charge in [-0.3, -0.25) is 4.79 Å². The second kappa shape index (κ2) is 9.57. The fraction of sp³-hybridized carbons (Fsp3) is 0.316. The average molecular weight is 328 g/mol. The van der Waals surface area contributed by atoms with Gasteiger partial charge in [0, 0.05) is 24.6 Å². The smallest absolute Gasteiger partial charge is 0.243 e. The molecule has 0 bridgehead atoms. The van der Waals surface area contributed by atoms with Crippen LogP contribution in [0.5, 0.6) is 5.75 Å². The number of amides is 1. The molecular weight excluding hydrogens is 304 g/mol. The maximum Gasteiger partial charge on any atom is 0.243 e. The average Bonchev–Trinajstić information content (AvgIpc) is 2.61. The Bertz CT molecular complexity index is 641. The first-order valence-electron chi connectivity index (χ1n) is 8.05. The van der Waals surface area contributed by atoms with Crippen LogP contribution in [0.2, 0.25) is 0 Å². The molecule has 0 saturated heterocycles. The van der Waals surface area contributed by atoms with Crippen molar-refractivity contribution in [3.8, 4) is 5.75 Å². The SMILES string of the molecule is CCc1ccc(NC(=O)CNc2cccc(OCCOC)c2)cc1. The predicted octanol–water partition coefficient (Wildman–Crippen LogP) is 3.32. The topological polar surface area (TPSA) is 59.6 Å². The normalized spacial score (nSPS) is 10.2. The van der Waals surface area contributed by atoms with Gasteiger partial charge < -0.3 is 20.1 Å². The molecule has 0 aliphatic rings. The molecule has 0 aliphatic heterocycles. The monoisotopic (exact) mass is 328 g/mol. The Kier molecular flexibility index (Phi) is 7.11. The Morgan fingerprint density at radius 2 is 1.83 bits per heavy atom. The summed E-state index contributed by atoms with van der Waals surface area (Å²) in [6.45, 7) is 3.33. The van der Waals surface area contributed by atoms with E-state index in [4.69, 9.17) is 9.47 Å². The highest BCUT2D eigenvalue weighted by Gasteiger charge is 2.03. The van der Waals surface area contributed by atoms with Crippen molar-refractivity contribution in [2.45, 2.75) is 13.3 Å². The number of benzene rings is 2. The Balaban J connectivity index is 1.81. The van der Waals surface area contributed by atoms with Gasteiger partial charge in [0.1, 0.15) is 12.4 Å². The third-order valence-corrected chi connectivity index (χ3v) is 3.49. The number of ether oxygens (including phenoxy) is 2. The molecule has 0 aliphatic carbocycles. The van der Waals surface area contributed by atoms with E-state index in [0.717, 1.165) is 23.5 Å². The summed E-state index contributed by atoms with van der Waals surface area (Å²) in [7, 11) is 1.63. The summed E-state index contributed by atoms with van der Waals surface area (Å²) in [6, 6.07) is 15.4. The molecule has 0 radical (unpaired) electrons. The van der Waals surface area contributed by atoms with Crippen molar-refractivity contribution < 1.29 is 14.3 Å². The number of hydrogen-bond donors (Lipinski definition) is 2. The second-order valence-electron chi connectivity index (χ2n) is 5.32. The summed E-state index contributed by atoms with van der Waals surface area (Å²) in [4.78, 5) is 12.0. The minimum absolute atomic E-state index is 0.0926. The Morgan fingerprint density at radius 3 is 2.54 bits per heavy atom. The first kappa shape index (κ1) is 17.8. The quantitative estimate of drug-likeness (QED) is 0.693. The molecule has 0 unspecified atom stereocenters. The van der Waals surface area contributed by atoms with E-state index in [9.17, 15) is 4.79 Å². The number of nitrogens with one attached hydrogen (secondary N) is 2. The van der Waals surface area contributed by atoms with Crippen molar-refractivity contribution in [3.05, 3.63) is 54.1 Å². The molecule has 2 rings (SSSR count). The highest BCUT2D eigenvalue weighted by Crippen LogP contribution is 2.17. The molecule has 2 aromatic rings. The first-order chi connectivity index (χ1) is 11.7. The summed E-state index contributed by atoms with van der Waals surface area (Å²) in [5.74, 6) is 0.651. The zero-order chi connectivity index (χ0) is 17.2. The van der Waals surface area contributed by atoms with Crippen molar-refractivity contribution in [3.63, 3.8) is 0 Å². The van der Waals surface area contributed by atoms with Crippen LogP contribution >= 0.6 is 0 Å². The summed E-state index contributed by atoms with van der Waals surface area (Å²) in [5.41, 5.74) is 2.88. The maximum atomic E-state index is 12.0. The molecule has 0 saturated carbocycles. The highest BCUT2D eigenvalue weighted by molar-refractivity contribution is 5.93. The largest absolute Gasteiger partial charge is 0.491 e. The summed E-state index contributed by atoms with van der Waals surface area (Å²) in [6.07, 6.45) is 0.985. The van der Waals surface area contributed by atoms with Crippen molar-refractivity contribution in [2.24, 2.45) is 0 Å². The molecular formula is C19H24N2O3. The van der Waals surface area contributed by atoms with Gasteiger partial charge in [0.25, 0.3) is 0 Å². The van der Waals surface area contributed by atoms with E-state index in [0.29, 0.717) is 13.2 Å². The predicted molar refractivity (Wildman–Crippen MR) is 96.8 cm³/mol. The lowest BCUT2D eigenvalue weighted by atomic mass is 10.1. The van der Waals surface area contributed by atoms with Gasteiger partial charge in [0.2, 0.25) is 5.91 Å². The van der Waals surface area contributed by atoms with Gasteiger partial charge in [-0.05, 0) is 36.2 Å². The Morgan fingerprint density at radius 1 is 1.04 bits per heavy atom. The van der Waals surface area contributed by atoms with Gasteiger partial charge in [-0.25, -0.2) is 0 Å². The van der Waals surface area contributed by atoms with Gasteiger partial charge in [-0.15, -0.1) is 0 Å². The molecule has 1 amide bonds. The van der Waals surface area contributed by atoms with Gasteiger partial charge in [-0.2, -0.15) is 0 Å². The summed E-state index contributed by atoms with van der Waals surface area (Å²) in [5, 5.41) is 5.97. The number of anilines is 2. The molecule has 24 heavy (non-hydrogen) atoms. The van der Waals surface area contributed by atoms with Crippen LogP contribution in [-0.2, 0) is 16.0 Å². The van der Waals surface area contributed by atoms with Crippen molar-refractivity contribution in [1.29, 1.82) is 0 Å². The molecule has 5 heteroatoms. The lowest BCUT2D eigenvalue weighted by Crippen LogP contribution is -2.21. The minimum Gasteiger partial charge on any atom is -0.491 e. The second-order valence-corrected chi connectivity index (χ2v) is 5.32. The van der Waals surface area contributed by atoms with Crippen LogP contribution in [0.3, 0.4) is 0 Å². The lowest BCUT2D eigenvalue weighted by Gasteiger charge is -2.10. The van der Waals surface area contributed by atoms with E-state index in [1.165, 1.54) is 5.56 Å². The molecule has 2 aromatic carbocycles. The van der Waals surface area contributed by atoms with Crippen molar-refractivity contribution in [2.75, 3.05) is 37.5 Å². The molecule has 2 N–H and O–H groups in total. The summed E-state index contributed by atoms with van der Waals surface area (Å²) >= 11 is 0. The fourth-order valence-electron chi connectivity index (χ4n) is 2.15. The third kappa shape index (κ3) is 5.93. The molecule has 0 heterocycles. The van der Waals surface area contributed by atoms with E-state index in [1.807, 2.05) is 48.5 Å². The third-order valence-electron chi connectivity index (χ3n) is 3.49. The number of rotatable bonds is 9. The molecule has 0 spiro atoms. The van der Waals surface area contributed by atoms with E-state index >= 15 is 0 Å². The van der Waals surface area contributed by atoms with Crippen LogP contribution in [-0.4, -0.2) is 32.8 Å². The minimum atomic E-state index is -0.0926. The van der Waals surface area contributed by atoms with Crippen LogP contribution in [0, 0.1) is 0 Å². The molecule has 128 valence electrons. The standard InChI is InChI=1S/C19H24N2O3/c1-3-15-7-9-16(10-8-15)21-19(22)14-20-17-5-4-6-18(13-17)24-12-11-23-2/h4-10,13,20H,3,11-12,14H2,1-2H3,(H,21,22). The number of hydrogen-bond acceptors (Lipinski definition) is 4. The van der Waals surface area contributed by atoms with E-state index < -0.39 is 0 Å². The zero-order valence-electron chi connectivity index (χ0n) is 14.2. The van der Waals surface area contributed by atoms with Crippen LogP contribution in [0.15, 0.2) is 48.5 Å². The van der Waals surface area contributed by atoms with E-state index in [-0.39, 0.29) is 12.5 Å². The van der Waals surface area contributed by atoms with E-state index in [2.05, 4.69) is 17.6 Å². The van der Waals surface area contributed by atoms with Crippen molar-refractivity contribution >= 4 is 17.3 Å². The first-order valence-corrected chi connectivity index (χ1v) is 8.05. The molecule has 5 nitrogen and oxygen atoms in total. The maximum absolute atomic E-state index is 12.0. The number of carbonyl (C=O) groups is 1. The van der Waals surface area contributed by atoms with Gasteiger partial charge >= 0.3 is 0 Å². The van der Waals surface area contributed by atoms with Gasteiger partial charge in [0.15, 0.2) is 0 Å². The fourth-order valence-corrected chi connectivity index (χ4v) is 2.15. The number of aryl methyl sites for hydroxylation is 1. The van der Waals surface area contributed by atoms with Crippen LogP contribution in [0.1, 0.15) is 12.5 Å². The summed E-state index contributed by atoms with van der Waals surface area (Å²) < 4.78 is 10.5. The van der Waals surface area contributed by atoms with Gasteiger partial charge in [0.05, 0.1) is 13.2 Å². The van der Waals surface area contributed by atoms with Crippen LogP contribution < -0.4 is 15.4 Å². The van der Waals surface area contributed by atoms with Crippen LogP contribution in [0.25, 0.3) is 0 Å². The van der Waals surface area contributed by atoms with Gasteiger partial charge in [-0.1, -0.05) is 25.1 Å². The Labute approximate surface area is 143 Å². The lowest BCUT2D eigenvalue weighted by molar-refractivity contribution is -0.114. The number of methoxy groups -OCH3 is 1. The molecule has 0 fully saturated rings. The van der Waals surface area contributed by atoms with Crippen LogP contribution in [0.4, 0.5) is 11.4 Å². The van der Waals surface area contributed by atoms with E-state index in [1.54, 1.807) is 7.11 Å².